The number of aromatic nitrogens is 2. The number of nitrogens with one attached hydrogen (secondary N) is 2. The van der Waals surface area contributed by atoms with Crippen LogP contribution in [0.1, 0.15) is 11.1 Å². The number of morpholine rings is 1. The Balaban J connectivity index is 1.45. The zero-order valence-corrected chi connectivity index (χ0v) is 14.2. The third-order valence-corrected chi connectivity index (χ3v) is 4.06. The van der Waals surface area contributed by atoms with E-state index in [-0.39, 0.29) is 0 Å². The molecular weight excluding hydrogens is 302 g/mol. The summed E-state index contributed by atoms with van der Waals surface area (Å²) in [6, 6.07) is 10.4. The first-order valence-electron chi connectivity index (χ1n) is 8.46. The summed E-state index contributed by atoms with van der Waals surface area (Å²) >= 11 is 0. The van der Waals surface area contributed by atoms with E-state index in [1.165, 1.54) is 11.1 Å². The molecule has 0 saturated carbocycles. The van der Waals surface area contributed by atoms with E-state index in [0.717, 1.165) is 51.8 Å². The Bertz CT molecular complexity index is 626. The molecule has 0 atom stereocenters. The molecule has 0 amide bonds. The highest BCUT2D eigenvalue weighted by atomic mass is 16.5. The maximum atomic E-state index is 5.36. The predicted octanol–water partition coefficient (Wildman–Crippen LogP) is 2.14. The lowest BCUT2D eigenvalue weighted by Gasteiger charge is -2.26. The summed E-state index contributed by atoms with van der Waals surface area (Å²) in [6.45, 7) is 8.36. The van der Waals surface area contributed by atoms with E-state index < -0.39 is 0 Å². The van der Waals surface area contributed by atoms with E-state index >= 15 is 0 Å². The fourth-order valence-electron chi connectivity index (χ4n) is 2.60. The Kier molecular flexibility index (Phi) is 5.98. The van der Waals surface area contributed by atoms with E-state index in [2.05, 4.69) is 56.7 Å². The van der Waals surface area contributed by atoms with Gasteiger partial charge in [-0.1, -0.05) is 29.8 Å². The number of rotatable bonds is 7. The summed E-state index contributed by atoms with van der Waals surface area (Å²) in [7, 11) is 0. The van der Waals surface area contributed by atoms with Crippen molar-refractivity contribution in [3.05, 3.63) is 47.7 Å². The fraction of sp³-hybridized carbons (Fsp3) is 0.444. The Labute approximate surface area is 143 Å². The highest BCUT2D eigenvalue weighted by Crippen LogP contribution is 2.09. The van der Waals surface area contributed by atoms with Crippen molar-refractivity contribution in [1.29, 1.82) is 0 Å². The van der Waals surface area contributed by atoms with Crippen molar-refractivity contribution >= 4 is 11.8 Å². The summed E-state index contributed by atoms with van der Waals surface area (Å²) in [5, 5.41) is 6.64. The molecule has 1 aromatic heterocycles. The number of hydrogen-bond acceptors (Lipinski definition) is 6. The minimum Gasteiger partial charge on any atom is -0.379 e. The number of anilines is 2. The van der Waals surface area contributed by atoms with Crippen molar-refractivity contribution in [2.24, 2.45) is 0 Å². The van der Waals surface area contributed by atoms with Crippen LogP contribution in [-0.2, 0) is 11.3 Å². The molecule has 2 aromatic rings. The molecule has 6 nitrogen and oxygen atoms in total. The van der Waals surface area contributed by atoms with Crippen LogP contribution in [-0.4, -0.2) is 54.3 Å². The van der Waals surface area contributed by atoms with Crippen molar-refractivity contribution in [3.8, 4) is 0 Å². The van der Waals surface area contributed by atoms with Gasteiger partial charge in [-0.15, -0.1) is 0 Å². The molecule has 0 unspecified atom stereocenters. The second kappa shape index (κ2) is 8.61. The highest BCUT2D eigenvalue weighted by Gasteiger charge is 2.09. The first-order chi connectivity index (χ1) is 11.8. The van der Waals surface area contributed by atoms with Crippen LogP contribution in [0, 0.1) is 6.92 Å². The second-order valence-corrected chi connectivity index (χ2v) is 5.99. The van der Waals surface area contributed by atoms with Gasteiger partial charge in [0, 0.05) is 38.9 Å². The molecule has 0 aliphatic carbocycles. The van der Waals surface area contributed by atoms with E-state index in [4.69, 9.17) is 4.74 Å². The molecule has 0 spiro atoms. The minimum absolute atomic E-state index is 0.645. The van der Waals surface area contributed by atoms with Gasteiger partial charge in [-0.25, -0.2) is 4.98 Å². The molecular formula is C18H25N5O. The zero-order chi connectivity index (χ0) is 16.6. The monoisotopic (exact) mass is 327 g/mol. The third-order valence-electron chi connectivity index (χ3n) is 4.06. The first kappa shape index (κ1) is 16.7. The van der Waals surface area contributed by atoms with Crippen LogP contribution in [0.3, 0.4) is 0 Å². The van der Waals surface area contributed by atoms with Crippen LogP contribution in [0.25, 0.3) is 0 Å². The lowest BCUT2D eigenvalue weighted by Crippen LogP contribution is -2.39. The molecule has 6 heteroatoms. The Hall–Kier alpha value is -2.18. The average Bonchev–Trinajstić information content (AvgIpc) is 2.63. The zero-order valence-electron chi connectivity index (χ0n) is 14.2. The minimum atomic E-state index is 0.645. The van der Waals surface area contributed by atoms with Gasteiger partial charge in [-0.3, -0.25) is 4.90 Å². The molecule has 1 fully saturated rings. The van der Waals surface area contributed by atoms with Crippen molar-refractivity contribution in [2.75, 3.05) is 50.0 Å². The Morgan fingerprint density at radius 3 is 2.67 bits per heavy atom. The van der Waals surface area contributed by atoms with Crippen LogP contribution in [0.4, 0.5) is 11.8 Å². The van der Waals surface area contributed by atoms with Gasteiger partial charge in [0.1, 0.15) is 5.82 Å². The van der Waals surface area contributed by atoms with Gasteiger partial charge in [-0.2, -0.15) is 4.98 Å². The van der Waals surface area contributed by atoms with Gasteiger partial charge in [-0.05, 0) is 18.6 Å². The SMILES string of the molecule is Cc1ccc(CNc2nccc(NCCN3CCOCC3)n2)cc1. The van der Waals surface area contributed by atoms with Crippen molar-refractivity contribution in [1.82, 2.24) is 14.9 Å². The molecule has 0 bridgehead atoms. The van der Waals surface area contributed by atoms with E-state index in [1.54, 1.807) is 6.20 Å². The topological polar surface area (TPSA) is 62.3 Å². The van der Waals surface area contributed by atoms with Crippen LogP contribution < -0.4 is 10.6 Å². The van der Waals surface area contributed by atoms with Crippen LogP contribution in [0.2, 0.25) is 0 Å². The van der Waals surface area contributed by atoms with Gasteiger partial charge >= 0.3 is 0 Å². The van der Waals surface area contributed by atoms with Gasteiger partial charge < -0.3 is 15.4 Å². The fourth-order valence-corrected chi connectivity index (χ4v) is 2.60. The second-order valence-electron chi connectivity index (χ2n) is 5.99. The summed E-state index contributed by atoms with van der Waals surface area (Å²) in [5.74, 6) is 1.50. The summed E-state index contributed by atoms with van der Waals surface area (Å²) < 4.78 is 5.36. The smallest absolute Gasteiger partial charge is 0.224 e. The molecule has 1 saturated heterocycles. The molecule has 1 aliphatic heterocycles. The molecule has 2 heterocycles. The predicted molar refractivity (Wildman–Crippen MR) is 96.3 cm³/mol. The van der Waals surface area contributed by atoms with Crippen LogP contribution in [0.5, 0.6) is 0 Å². The largest absolute Gasteiger partial charge is 0.379 e. The van der Waals surface area contributed by atoms with Gasteiger partial charge in [0.15, 0.2) is 0 Å². The molecule has 0 radical (unpaired) electrons. The summed E-state index contributed by atoms with van der Waals surface area (Å²) in [6.07, 6.45) is 1.78. The van der Waals surface area contributed by atoms with Crippen LogP contribution in [0.15, 0.2) is 36.5 Å². The molecule has 128 valence electrons. The summed E-state index contributed by atoms with van der Waals surface area (Å²) in [4.78, 5) is 11.2. The van der Waals surface area contributed by atoms with Gasteiger partial charge in [0.2, 0.25) is 5.95 Å². The van der Waals surface area contributed by atoms with Crippen molar-refractivity contribution in [2.45, 2.75) is 13.5 Å². The summed E-state index contributed by atoms with van der Waals surface area (Å²) in [5.41, 5.74) is 2.48. The number of nitrogens with zero attached hydrogens (tertiary/aromatic N) is 3. The number of hydrogen-bond donors (Lipinski definition) is 2. The maximum absolute atomic E-state index is 5.36. The Morgan fingerprint density at radius 1 is 1.08 bits per heavy atom. The van der Waals surface area contributed by atoms with E-state index in [0.29, 0.717) is 5.95 Å². The van der Waals surface area contributed by atoms with E-state index in [9.17, 15) is 0 Å². The molecule has 1 aromatic carbocycles. The quantitative estimate of drug-likeness (QED) is 0.812. The number of benzene rings is 1. The number of aryl methyl sites for hydroxylation is 1. The Morgan fingerprint density at radius 2 is 1.88 bits per heavy atom. The molecule has 24 heavy (non-hydrogen) atoms. The average molecular weight is 327 g/mol. The highest BCUT2D eigenvalue weighted by molar-refractivity contribution is 5.40. The lowest BCUT2D eigenvalue weighted by molar-refractivity contribution is 0.0398. The van der Waals surface area contributed by atoms with Gasteiger partial charge in [0.05, 0.1) is 13.2 Å². The van der Waals surface area contributed by atoms with Gasteiger partial charge in [0.25, 0.3) is 0 Å². The maximum Gasteiger partial charge on any atom is 0.224 e. The van der Waals surface area contributed by atoms with Crippen molar-refractivity contribution < 1.29 is 4.74 Å². The normalized spacial score (nSPS) is 15.2. The number of ether oxygens (including phenoxy) is 1. The first-order valence-corrected chi connectivity index (χ1v) is 8.46. The van der Waals surface area contributed by atoms with Crippen molar-refractivity contribution in [3.63, 3.8) is 0 Å². The third kappa shape index (κ3) is 5.18. The standard InChI is InChI=1S/C18H25N5O/c1-15-2-4-16(5-3-15)14-21-18-20-7-6-17(22-18)19-8-9-23-10-12-24-13-11-23/h2-7H,8-14H2,1H3,(H2,19,20,21,22). The molecule has 1 aliphatic rings. The lowest BCUT2D eigenvalue weighted by atomic mass is 10.1. The molecule has 3 rings (SSSR count). The molecule has 2 N–H and O–H groups in total. The van der Waals surface area contributed by atoms with E-state index in [1.807, 2.05) is 6.07 Å². The van der Waals surface area contributed by atoms with Crippen LogP contribution >= 0.6 is 0 Å².